The fourth-order valence-corrected chi connectivity index (χ4v) is 1.58. The Kier molecular flexibility index (Phi) is 5.76. The first-order valence-corrected chi connectivity index (χ1v) is 6.87. The summed E-state index contributed by atoms with van der Waals surface area (Å²) in [5.41, 5.74) is 0.550. The van der Waals surface area contributed by atoms with Crippen LogP contribution in [-0.2, 0) is 9.59 Å². The normalized spacial score (nSPS) is 10.9. The number of carbonyl (C=O) groups excluding carboxylic acids is 2. The third-order valence-electron chi connectivity index (χ3n) is 2.84. The van der Waals surface area contributed by atoms with Crippen LogP contribution in [0.3, 0.4) is 0 Å². The molecule has 0 aliphatic rings. The number of aryl methyl sites for hydroxylation is 1. The number of hydrogen-bond donors (Lipinski definition) is 1. The zero-order valence-electron chi connectivity index (χ0n) is 13.3. The predicted molar refractivity (Wildman–Crippen MR) is 80.4 cm³/mol. The summed E-state index contributed by atoms with van der Waals surface area (Å²) in [5.74, 6) is 0.395. The summed E-state index contributed by atoms with van der Waals surface area (Å²) in [6.07, 6.45) is 0.110. The molecule has 116 valence electrons. The molecule has 0 unspecified atom stereocenters. The van der Waals surface area contributed by atoms with E-state index in [0.717, 1.165) is 5.56 Å². The lowest BCUT2D eigenvalue weighted by Gasteiger charge is -2.17. The van der Waals surface area contributed by atoms with E-state index in [0.29, 0.717) is 11.5 Å². The largest absolute Gasteiger partial charge is 0.493 e. The summed E-state index contributed by atoms with van der Waals surface area (Å²) >= 11 is 0. The van der Waals surface area contributed by atoms with Crippen molar-refractivity contribution in [1.82, 2.24) is 5.32 Å². The van der Waals surface area contributed by atoms with Gasteiger partial charge in [-0.05, 0) is 24.6 Å². The molecule has 5 heteroatoms. The Morgan fingerprint density at radius 3 is 2.43 bits per heavy atom. The van der Waals surface area contributed by atoms with Crippen LogP contribution < -0.4 is 14.8 Å². The summed E-state index contributed by atoms with van der Waals surface area (Å²) in [6, 6.07) is 5.33. The zero-order chi connectivity index (χ0) is 16.0. The van der Waals surface area contributed by atoms with E-state index >= 15 is 0 Å². The average Bonchev–Trinajstić information content (AvgIpc) is 2.39. The van der Waals surface area contributed by atoms with Gasteiger partial charge in [-0.1, -0.05) is 26.8 Å². The quantitative estimate of drug-likeness (QED) is 0.669. The highest BCUT2D eigenvalue weighted by Crippen LogP contribution is 2.28. The van der Waals surface area contributed by atoms with Crippen molar-refractivity contribution in [2.75, 3.05) is 13.7 Å². The topological polar surface area (TPSA) is 64.6 Å². The minimum Gasteiger partial charge on any atom is -0.493 e. The van der Waals surface area contributed by atoms with E-state index in [4.69, 9.17) is 9.47 Å². The molecular formula is C16H23NO4. The minimum atomic E-state index is -0.468. The number of hydrogen-bond acceptors (Lipinski definition) is 4. The molecule has 0 spiro atoms. The van der Waals surface area contributed by atoms with Gasteiger partial charge >= 0.3 is 5.97 Å². The van der Waals surface area contributed by atoms with Crippen molar-refractivity contribution in [3.8, 4) is 11.5 Å². The summed E-state index contributed by atoms with van der Waals surface area (Å²) in [4.78, 5) is 23.4. The number of carbonyl (C=O) groups is 2. The van der Waals surface area contributed by atoms with E-state index in [9.17, 15) is 9.59 Å². The molecule has 1 rings (SSSR count). The van der Waals surface area contributed by atoms with Crippen molar-refractivity contribution in [3.63, 3.8) is 0 Å². The van der Waals surface area contributed by atoms with E-state index in [1.807, 2.05) is 33.8 Å². The number of nitrogens with one attached hydrogen (secondary N) is 1. The molecule has 0 fully saturated rings. The smallest absolute Gasteiger partial charge is 0.313 e. The van der Waals surface area contributed by atoms with Crippen molar-refractivity contribution in [2.45, 2.75) is 34.1 Å². The monoisotopic (exact) mass is 293 g/mol. The Balaban J connectivity index is 2.50. The third-order valence-corrected chi connectivity index (χ3v) is 2.84. The van der Waals surface area contributed by atoms with E-state index in [1.165, 1.54) is 7.11 Å². The van der Waals surface area contributed by atoms with Crippen LogP contribution >= 0.6 is 0 Å². The van der Waals surface area contributed by atoms with Crippen LogP contribution in [-0.4, -0.2) is 25.5 Å². The maximum absolute atomic E-state index is 11.8. The fourth-order valence-electron chi connectivity index (χ4n) is 1.58. The Bertz CT molecular complexity index is 517. The van der Waals surface area contributed by atoms with Crippen molar-refractivity contribution in [2.24, 2.45) is 5.41 Å². The molecule has 1 N–H and O–H groups in total. The second-order valence-corrected chi connectivity index (χ2v) is 5.88. The molecule has 5 nitrogen and oxygen atoms in total. The van der Waals surface area contributed by atoms with Crippen LogP contribution in [0, 0.1) is 12.3 Å². The van der Waals surface area contributed by atoms with Crippen molar-refractivity contribution in [1.29, 1.82) is 0 Å². The summed E-state index contributed by atoms with van der Waals surface area (Å²) < 4.78 is 10.4. The third kappa shape index (κ3) is 5.45. The molecule has 1 aromatic carbocycles. The molecule has 0 saturated carbocycles. The summed E-state index contributed by atoms with van der Waals surface area (Å²) in [5, 5.41) is 2.71. The molecular weight excluding hydrogens is 270 g/mol. The Morgan fingerprint density at radius 1 is 1.19 bits per heavy atom. The van der Waals surface area contributed by atoms with Gasteiger partial charge in [-0.25, -0.2) is 0 Å². The standard InChI is InChI=1S/C16H23NO4/c1-11-6-7-12(13(10-11)20-5)21-14(18)8-9-17-15(19)16(2,3)4/h6-7,10H,8-9H2,1-5H3,(H,17,19). The Hall–Kier alpha value is -2.04. The van der Waals surface area contributed by atoms with Gasteiger partial charge in [0.1, 0.15) is 0 Å². The number of benzene rings is 1. The second-order valence-electron chi connectivity index (χ2n) is 5.88. The number of esters is 1. The van der Waals surface area contributed by atoms with Gasteiger partial charge in [-0.3, -0.25) is 9.59 Å². The molecule has 0 atom stereocenters. The van der Waals surface area contributed by atoms with Gasteiger partial charge in [-0.15, -0.1) is 0 Å². The first kappa shape index (κ1) is 17.0. The van der Waals surface area contributed by atoms with Crippen LogP contribution in [0.2, 0.25) is 0 Å². The molecule has 1 amide bonds. The highest BCUT2D eigenvalue weighted by Gasteiger charge is 2.20. The first-order chi connectivity index (χ1) is 9.74. The molecule has 0 radical (unpaired) electrons. The van der Waals surface area contributed by atoms with Crippen LogP contribution in [0.15, 0.2) is 18.2 Å². The number of methoxy groups -OCH3 is 1. The SMILES string of the molecule is COc1cc(C)ccc1OC(=O)CCNC(=O)C(C)(C)C. The van der Waals surface area contributed by atoms with Gasteiger partial charge in [0, 0.05) is 12.0 Å². The lowest BCUT2D eigenvalue weighted by atomic mass is 9.96. The van der Waals surface area contributed by atoms with Crippen LogP contribution in [0.25, 0.3) is 0 Å². The number of rotatable bonds is 5. The van der Waals surface area contributed by atoms with Crippen LogP contribution in [0.1, 0.15) is 32.8 Å². The molecule has 0 saturated heterocycles. The van der Waals surface area contributed by atoms with Crippen molar-refractivity contribution < 1.29 is 19.1 Å². The average molecular weight is 293 g/mol. The Morgan fingerprint density at radius 2 is 1.86 bits per heavy atom. The lowest BCUT2D eigenvalue weighted by Crippen LogP contribution is -2.36. The van der Waals surface area contributed by atoms with Gasteiger partial charge in [-0.2, -0.15) is 0 Å². The number of amides is 1. The summed E-state index contributed by atoms with van der Waals surface area (Å²) in [7, 11) is 1.52. The van der Waals surface area contributed by atoms with Crippen LogP contribution in [0.5, 0.6) is 11.5 Å². The minimum absolute atomic E-state index is 0.0942. The predicted octanol–water partition coefficient (Wildman–Crippen LogP) is 2.46. The number of ether oxygens (including phenoxy) is 2. The van der Waals surface area contributed by atoms with Crippen molar-refractivity contribution >= 4 is 11.9 Å². The van der Waals surface area contributed by atoms with Gasteiger partial charge in [0.2, 0.25) is 5.91 Å². The molecule has 0 heterocycles. The molecule has 0 bridgehead atoms. The van der Waals surface area contributed by atoms with Gasteiger partial charge in [0.05, 0.1) is 13.5 Å². The highest BCUT2D eigenvalue weighted by atomic mass is 16.6. The fraction of sp³-hybridized carbons (Fsp3) is 0.500. The maximum Gasteiger partial charge on any atom is 0.313 e. The molecule has 0 aromatic heterocycles. The van der Waals surface area contributed by atoms with E-state index in [1.54, 1.807) is 12.1 Å². The van der Waals surface area contributed by atoms with Gasteiger partial charge < -0.3 is 14.8 Å². The van der Waals surface area contributed by atoms with Gasteiger partial charge in [0.15, 0.2) is 11.5 Å². The second kappa shape index (κ2) is 7.11. The van der Waals surface area contributed by atoms with Crippen LogP contribution in [0.4, 0.5) is 0 Å². The Labute approximate surface area is 125 Å². The zero-order valence-corrected chi connectivity index (χ0v) is 13.3. The molecule has 21 heavy (non-hydrogen) atoms. The van der Waals surface area contributed by atoms with E-state index < -0.39 is 11.4 Å². The van der Waals surface area contributed by atoms with Gasteiger partial charge in [0.25, 0.3) is 0 Å². The molecule has 1 aromatic rings. The van der Waals surface area contributed by atoms with Crippen molar-refractivity contribution in [3.05, 3.63) is 23.8 Å². The summed E-state index contributed by atoms with van der Waals surface area (Å²) in [6.45, 7) is 7.63. The van der Waals surface area contributed by atoms with E-state index in [2.05, 4.69) is 5.32 Å². The van der Waals surface area contributed by atoms with E-state index in [-0.39, 0.29) is 18.9 Å². The molecule has 0 aliphatic heterocycles. The first-order valence-electron chi connectivity index (χ1n) is 6.87. The lowest BCUT2D eigenvalue weighted by molar-refractivity contribution is -0.134. The maximum atomic E-state index is 11.8. The highest BCUT2D eigenvalue weighted by molar-refractivity contribution is 5.82. The molecule has 0 aliphatic carbocycles.